The van der Waals surface area contributed by atoms with Gasteiger partial charge in [0, 0.05) is 22.3 Å². The lowest BCUT2D eigenvalue weighted by molar-refractivity contribution is -0.144. The molecule has 0 N–H and O–H groups in total. The van der Waals surface area contributed by atoms with Gasteiger partial charge in [-0.1, -0.05) is 36.4 Å². The summed E-state index contributed by atoms with van der Waals surface area (Å²) in [6.45, 7) is -0.572. The summed E-state index contributed by atoms with van der Waals surface area (Å²) in [5.74, 6) is -2.34. The summed E-state index contributed by atoms with van der Waals surface area (Å²) in [6, 6.07) is 10.8. The first-order valence-electron chi connectivity index (χ1n) is 7.10. The van der Waals surface area contributed by atoms with Crippen LogP contribution >= 0.6 is 0 Å². The van der Waals surface area contributed by atoms with E-state index in [4.69, 9.17) is 4.74 Å². The molecule has 2 aromatic carbocycles. The van der Waals surface area contributed by atoms with Crippen molar-refractivity contribution < 1.29 is 28.7 Å². The molecule has 0 radical (unpaired) electrons. The second kappa shape index (κ2) is 6.08. The van der Waals surface area contributed by atoms with Crippen molar-refractivity contribution in [2.24, 2.45) is 0 Å². The first-order valence-corrected chi connectivity index (χ1v) is 7.10. The lowest BCUT2D eigenvalue weighted by Gasteiger charge is -2.19. The minimum atomic E-state index is -0.863. The summed E-state index contributed by atoms with van der Waals surface area (Å²) in [7, 11) is 1.17. The number of carbonyl (C=O) groups excluding carboxylic acids is 4. The average molecular weight is 324 g/mol. The number of esters is 2. The normalized spacial score (nSPS) is 12.2. The van der Waals surface area contributed by atoms with E-state index in [2.05, 4.69) is 4.74 Å². The Kier molecular flexibility index (Phi) is 3.95. The summed E-state index contributed by atoms with van der Waals surface area (Å²) in [5, 5.41) is 0. The van der Waals surface area contributed by atoms with Gasteiger partial charge in [-0.25, -0.2) is 9.59 Å². The molecule has 24 heavy (non-hydrogen) atoms. The Morgan fingerprint density at radius 2 is 1.50 bits per heavy atom. The van der Waals surface area contributed by atoms with Crippen LogP contribution in [0.15, 0.2) is 42.5 Å². The van der Waals surface area contributed by atoms with E-state index in [1.54, 1.807) is 18.2 Å². The molecule has 0 heterocycles. The third kappa shape index (κ3) is 2.48. The molecule has 0 bridgehead atoms. The number of ketones is 2. The number of hydrogen-bond donors (Lipinski definition) is 0. The smallest absolute Gasteiger partial charge is 0.344 e. The molecule has 0 saturated carbocycles. The molecule has 1 aliphatic carbocycles. The van der Waals surface area contributed by atoms with Crippen molar-refractivity contribution in [3.63, 3.8) is 0 Å². The summed E-state index contributed by atoms with van der Waals surface area (Å²) in [5.41, 5.74) is 0.629. The Morgan fingerprint density at radius 1 is 0.875 bits per heavy atom. The molecule has 0 unspecified atom stereocenters. The Bertz CT molecular complexity index is 881. The van der Waals surface area contributed by atoms with Crippen molar-refractivity contribution in [1.82, 2.24) is 0 Å². The lowest BCUT2D eigenvalue weighted by Crippen LogP contribution is -2.25. The van der Waals surface area contributed by atoms with Crippen LogP contribution in [-0.4, -0.2) is 37.2 Å². The van der Waals surface area contributed by atoms with E-state index in [-0.39, 0.29) is 28.0 Å². The van der Waals surface area contributed by atoms with Crippen LogP contribution in [0.3, 0.4) is 0 Å². The molecule has 1 aliphatic rings. The van der Waals surface area contributed by atoms with Crippen LogP contribution in [0.5, 0.6) is 0 Å². The van der Waals surface area contributed by atoms with Crippen molar-refractivity contribution in [2.75, 3.05) is 13.7 Å². The molecule has 0 amide bonds. The third-order valence-corrected chi connectivity index (χ3v) is 3.72. The molecular formula is C18H12O6. The molecule has 0 aliphatic heterocycles. The Morgan fingerprint density at radius 3 is 2.17 bits per heavy atom. The number of methoxy groups -OCH3 is 1. The molecule has 0 fully saturated rings. The van der Waals surface area contributed by atoms with Crippen LogP contribution in [-0.2, 0) is 14.3 Å². The van der Waals surface area contributed by atoms with Gasteiger partial charge >= 0.3 is 11.9 Å². The number of hydrogen-bond acceptors (Lipinski definition) is 6. The quantitative estimate of drug-likeness (QED) is 0.683. The van der Waals surface area contributed by atoms with E-state index < -0.39 is 24.3 Å². The number of carbonyl (C=O) groups is 4. The SMILES string of the molecule is COC(=O)COC(=O)c1cccc2c1C(=O)c1ccccc1C2=O. The Hall–Kier alpha value is -3.28. The average Bonchev–Trinajstić information content (AvgIpc) is 2.63. The first kappa shape index (κ1) is 15.6. The van der Waals surface area contributed by atoms with Gasteiger partial charge in [-0.3, -0.25) is 9.59 Å². The van der Waals surface area contributed by atoms with Crippen LogP contribution in [0.1, 0.15) is 42.2 Å². The molecule has 6 nitrogen and oxygen atoms in total. The van der Waals surface area contributed by atoms with Gasteiger partial charge in [0.05, 0.1) is 12.7 Å². The van der Waals surface area contributed by atoms with Crippen molar-refractivity contribution in [1.29, 1.82) is 0 Å². The molecule has 120 valence electrons. The highest BCUT2D eigenvalue weighted by Gasteiger charge is 2.33. The van der Waals surface area contributed by atoms with Gasteiger partial charge in [-0.15, -0.1) is 0 Å². The van der Waals surface area contributed by atoms with Gasteiger partial charge < -0.3 is 9.47 Å². The first-order chi connectivity index (χ1) is 11.5. The zero-order valence-electron chi connectivity index (χ0n) is 12.7. The topological polar surface area (TPSA) is 86.7 Å². The van der Waals surface area contributed by atoms with Gasteiger partial charge in [-0.2, -0.15) is 0 Å². The third-order valence-electron chi connectivity index (χ3n) is 3.72. The van der Waals surface area contributed by atoms with E-state index in [9.17, 15) is 19.2 Å². The zero-order chi connectivity index (χ0) is 17.3. The highest BCUT2D eigenvalue weighted by Crippen LogP contribution is 2.29. The molecule has 0 atom stereocenters. The number of benzene rings is 2. The summed E-state index contributed by atoms with van der Waals surface area (Å²) >= 11 is 0. The van der Waals surface area contributed by atoms with Crippen molar-refractivity contribution >= 4 is 23.5 Å². The van der Waals surface area contributed by atoms with E-state index >= 15 is 0 Å². The highest BCUT2D eigenvalue weighted by atomic mass is 16.6. The van der Waals surface area contributed by atoms with E-state index in [1.807, 2.05) is 0 Å². The molecule has 2 aromatic rings. The Labute approximate surface area is 137 Å². The van der Waals surface area contributed by atoms with E-state index in [1.165, 1.54) is 31.4 Å². The van der Waals surface area contributed by atoms with Crippen LogP contribution in [0.4, 0.5) is 0 Å². The number of ether oxygens (including phenoxy) is 2. The molecule has 3 rings (SSSR count). The fraction of sp³-hybridized carbons (Fsp3) is 0.111. The van der Waals surface area contributed by atoms with Gasteiger partial charge in [0.2, 0.25) is 0 Å². The van der Waals surface area contributed by atoms with Crippen LogP contribution in [0.2, 0.25) is 0 Å². The molecule has 0 saturated heterocycles. The minimum Gasteiger partial charge on any atom is -0.466 e. The van der Waals surface area contributed by atoms with Gasteiger partial charge in [0.15, 0.2) is 18.2 Å². The van der Waals surface area contributed by atoms with Gasteiger partial charge in [0.25, 0.3) is 0 Å². The summed E-state index contributed by atoms with van der Waals surface area (Å²) in [6.07, 6.45) is 0. The second-order valence-electron chi connectivity index (χ2n) is 5.08. The number of fused-ring (bicyclic) bond motifs is 2. The lowest BCUT2D eigenvalue weighted by atomic mass is 9.82. The van der Waals surface area contributed by atoms with Crippen molar-refractivity contribution in [3.8, 4) is 0 Å². The summed E-state index contributed by atoms with van der Waals surface area (Å²) < 4.78 is 9.24. The highest BCUT2D eigenvalue weighted by molar-refractivity contribution is 6.30. The molecule has 6 heteroatoms. The standard InChI is InChI=1S/C18H12O6/c1-23-14(19)9-24-18(22)13-8-4-7-12-15(13)17(21)11-6-3-2-5-10(11)16(12)20/h2-8H,9H2,1H3. The predicted octanol–water partition coefficient (Wildman–Crippen LogP) is 1.79. The molecule has 0 spiro atoms. The largest absolute Gasteiger partial charge is 0.466 e. The monoisotopic (exact) mass is 324 g/mol. The fourth-order valence-corrected chi connectivity index (χ4v) is 2.58. The number of rotatable bonds is 3. The maximum absolute atomic E-state index is 12.7. The van der Waals surface area contributed by atoms with Crippen LogP contribution < -0.4 is 0 Å². The predicted molar refractivity (Wildman–Crippen MR) is 82.0 cm³/mol. The van der Waals surface area contributed by atoms with Gasteiger partial charge in [0.1, 0.15) is 0 Å². The zero-order valence-corrected chi connectivity index (χ0v) is 12.7. The molecule has 0 aromatic heterocycles. The maximum Gasteiger partial charge on any atom is 0.344 e. The van der Waals surface area contributed by atoms with E-state index in [0.717, 1.165) is 0 Å². The minimum absolute atomic E-state index is 0.00364. The fourth-order valence-electron chi connectivity index (χ4n) is 2.58. The summed E-state index contributed by atoms with van der Waals surface area (Å²) in [4.78, 5) is 48.6. The van der Waals surface area contributed by atoms with Gasteiger partial charge in [-0.05, 0) is 6.07 Å². The van der Waals surface area contributed by atoms with E-state index in [0.29, 0.717) is 5.56 Å². The van der Waals surface area contributed by atoms with Crippen molar-refractivity contribution in [3.05, 3.63) is 70.3 Å². The molecular weight excluding hydrogens is 312 g/mol. The van der Waals surface area contributed by atoms with Crippen LogP contribution in [0.25, 0.3) is 0 Å². The van der Waals surface area contributed by atoms with Crippen LogP contribution in [0, 0.1) is 0 Å². The van der Waals surface area contributed by atoms with Crippen molar-refractivity contribution in [2.45, 2.75) is 0 Å². The Balaban J connectivity index is 2.04. The second-order valence-corrected chi connectivity index (χ2v) is 5.08. The maximum atomic E-state index is 12.7.